The number of esters is 1. The Bertz CT molecular complexity index is 619. The molecule has 8 heteroatoms. The third-order valence-electron chi connectivity index (χ3n) is 3.99. The molecule has 0 spiro atoms. The number of aliphatic hydroxyl groups excluding tert-OH is 1. The summed E-state index contributed by atoms with van der Waals surface area (Å²) in [5, 5.41) is 9.83. The second-order valence-corrected chi connectivity index (χ2v) is 8.37. The van der Waals surface area contributed by atoms with Gasteiger partial charge in [0.25, 0.3) is 0 Å². The van der Waals surface area contributed by atoms with Crippen molar-refractivity contribution in [2.45, 2.75) is 51.7 Å². The summed E-state index contributed by atoms with van der Waals surface area (Å²) in [5.74, 6) is -0.147. The maximum Gasteiger partial charge on any atom is 0.344 e. The standard InChI is InChI=1S/C20H30Cl2O6/c1-19(2,7-9-23)27-10-8-20(3,4)28-12-11-25-18(24)14-26-17-6-5-15(21)13-16(17)22/h5-6,13,23H,7-12,14H2,1-4H3. The van der Waals surface area contributed by atoms with Crippen molar-refractivity contribution >= 4 is 29.2 Å². The number of rotatable bonds is 13. The Balaban J connectivity index is 2.21. The van der Waals surface area contributed by atoms with E-state index in [9.17, 15) is 4.79 Å². The van der Waals surface area contributed by atoms with Gasteiger partial charge in [0.2, 0.25) is 0 Å². The van der Waals surface area contributed by atoms with E-state index in [1.54, 1.807) is 12.1 Å². The monoisotopic (exact) mass is 436 g/mol. The van der Waals surface area contributed by atoms with Gasteiger partial charge < -0.3 is 24.1 Å². The fourth-order valence-electron chi connectivity index (χ4n) is 2.23. The van der Waals surface area contributed by atoms with E-state index in [4.69, 9.17) is 47.3 Å². The molecule has 0 aliphatic carbocycles. The van der Waals surface area contributed by atoms with Crippen LogP contribution in [0.3, 0.4) is 0 Å². The van der Waals surface area contributed by atoms with E-state index in [0.717, 1.165) is 0 Å². The van der Waals surface area contributed by atoms with Crippen LogP contribution < -0.4 is 4.74 Å². The lowest BCUT2D eigenvalue weighted by atomic mass is 10.0. The van der Waals surface area contributed by atoms with E-state index in [1.807, 2.05) is 27.7 Å². The highest BCUT2D eigenvalue weighted by Gasteiger charge is 2.22. The van der Waals surface area contributed by atoms with Crippen LogP contribution in [-0.4, -0.2) is 55.3 Å². The molecule has 0 unspecified atom stereocenters. The third-order valence-corrected chi connectivity index (χ3v) is 4.52. The number of hydrogen-bond acceptors (Lipinski definition) is 6. The van der Waals surface area contributed by atoms with Gasteiger partial charge in [0.1, 0.15) is 12.4 Å². The average molecular weight is 437 g/mol. The lowest BCUT2D eigenvalue weighted by molar-refractivity contribution is -0.150. The van der Waals surface area contributed by atoms with Gasteiger partial charge in [-0.2, -0.15) is 0 Å². The predicted molar refractivity (Wildman–Crippen MR) is 109 cm³/mol. The number of aliphatic hydroxyl groups is 1. The van der Waals surface area contributed by atoms with Gasteiger partial charge in [-0.1, -0.05) is 23.2 Å². The average Bonchev–Trinajstić information content (AvgIpc) is 2.57. The van der Waals surface area contributed by atoms with Gasteiger partial charge in [-0.05, 0) is 58.7 Å². The van der Waals surface area contributed by atoms with E-state index >= 15 is 0 Å². The molecular weight excluding hydrogens is 407 g/mol. The summed E-state index contributed by atoms with van der Waals surface area (Å²) in [6, 6.07) is 4.75. The maximum absolute atomic E-state index is 11.8. The molecule has 1 N–H and O–H groups in total. The van der Waals surface area contributed by atoms with Crippen LogP contribution >= 0.6 is 23.2 Å². The van der Waals surface area contributed by atoms with E-state index in [0.29, 0.717) is 35.2 Å². The minimum absolute atomic E-state index is 0.0895. The molecule has 0 aliphatic heterocycles. The minimum atomic E-state index is -0.512. The Morgan fingerprint density at radius 3 is 2.29 bits per heavy atom. The smallest absolute Gasteiger partial charge is 0.344 e. The van der Waals surface area contributed by atoms with Crippen molar-refractivity contribution in [2.24, 2.45) is 0 Å². The van der Waals surface area contributed by atoms with Crippen molar-refractivity contribution in [3.8, 4) is 5.75 Å². The molecular formula is C20H30Cl2O6. The number of carbonyl (C=O) groups excluding carboxylic acids is 1. The predicted octanol–water partition coefficient (Wildman–Crippen LogP) is 4.28. The molecule has 1 rings (SSSR count). The highest BCUT2D eigenvalue weighted by molar-refractivity contribution is 6.35. The number of halogens is 2. The molecule has 1 aromatic rings. The third kappa shape index (κ3) is 10.5. The second-order valence-electron chi connectivity index (χ2n) is 7.52. The molecule has 1 aromatic carbocycles. The van der Waals surface area contributed by atoms with Crippen molar-refractivity contribution in [3.63, 3.8) is 0 Å². The Labute approximate surface area is 177 Å². The Hall–Kier alpha value is -1.05. The molecule has 0 heterocycles. The van der Waals surface area contributed by atoms with Crippen molar-refractivity contribution < 1.29 is 28.8 Å². The van der Waals surface area contributed by atoms with Crippen LogP contribution in [0.2, 0.25) is 10.0 Å². The minimum Gasteiger partial charge on any atom is -0.480 e. The number of hydrogen-bond donors (Lipinski definition) is 1. The Kier molecular flexibility index (Phi) is 10.6. The molecule has 0 aromatic heterocycles. The first-order chi connectivity index (χ1) is 13.0. The van der Waals surface area contributed by atoms with Crippen LogP contribution in [0, 0.1) is 0 Å². The van der Waals surface area contributed by atoms with Crippen LogP contribution in [0.1, 0.15) is 40.5 Å². The van der Waals surface area contributed by atoms with Gasteiger partial charge in [0.05, 0.1) is 29.4 Å². The summed E-state index contributed by atoms with van der Waals surface area (Å²) in [7, 11) is 0. The van der Waals surface area contributed by atoms with E-state index in [2.05, 4.69) is 0 Å². The molecule has 28 heavy (non-hydrogen) atoms. The summed E-state index contributed by atoms with van der Waals surface area (Å²) in [4.78, 5) is 11.8. The van der Waals surface area contributed by atoms with Crippen LogP contribution in [0.15, 0.2) is 18.2 Å². The Morgan fingerprint density at radius 2 is 1.64 bits per heavy atom. The van der Waals surface area contributed by atoms with Gasteiger partial charge in [-0.3, -0.25) is 0 Å². The fourth-order valence-corrected chi connectivity index (χ4v) is 2.69. The molecule has 0 radical (unpaired) electrons. The number of benzene rings is 1. The summed E-state index contributed by atoms with van der Waals surface area (Å²) in [6.07, 6.45) is 1.25. The zero-order valence-electron chi connectivity index (χ0n) is 16.9. The zero-order chi connectivity index (χ0) is 21.2. The van der Waals surface area contributed by atoms with Gasteiger partial charge in [-0.25, -0.2) is 4.79 Å². The second kappa shape index (κ2) is 11.8. The van der Waals surface area contributed by atoms with Crippen LogP contribution in [-0.2, 0) is 19.0 Å². The van der Waals surface area contributed by atoms with Gasteiger partial charge in [-0.15, -0.1) is 0 Å². The molecule has 0 saturated carbocycles. The summed E-state index contributed by atoms with van der Waals surface area (Å²) >= 11 is 11.8. The van der Waals surface area contributed by atoms with Crippen molar-refractivity contribution in [1.82, 2.24) is 0 Å². The van der Waals surface area contributed by atoms with Crippen molar-refractivity contribution in [3.05, 3.63) is 28.2 Å². The van der Waals surface area contributed by atoms with Gasteiger partial charge in [0.15, 0.2) is 6.61 Å². The van der Waals surface area contributed by atoms with Gasteiger partial charge in [0, 0.05) is 11.6 Å². The Morgan fingerprint density at radius 1 is 1.00 bits per heavy atom. The molecule has 0 aliphatic rings. The zero-order valence-corrected chi connectivity index (χ0v) is 18.4. The lowest BCUT2D eigenvalue weighted by Gasteiger charge is -2.29. The maximum atomic E-state index is 11.8. The van der Waals surface area contributed by atoms with E-state index < -0.39 is 11.6 Å². The van der Waals surface area contributed by atoms with Crippen LogP contribution in [0.25, 0.3) is 0 Å². The van der Waals surface area contributed by atoms with Crippen LogP contribution in [0.5, 0.6) is 5.75 Å². The first-order valence-corrected chi connectivity index (χ1v) is 9.92. The SMILES string of the molecule is CC(C)(CCO)OCCC(C)(C)OCCOC(=O)COc1ccc(Cl)cc1Cl. The van der Waals surface area contributed by atoms with Crippen LogP contribution in [0.4, 0.5) is 0 Å². The molecule has 0 bridgehead atoms. The summed E-state index contributed by atoms with van der Waals surface area (Å²) in [5.41, 5.74) is -0.789. The summed E-state index contributed by atoms with van der Waals surface area (Å²) < 4.78 is 22.0. The van der Waals surface area contributed by atoms with Crippen molar-refractivity contribution in [1.29, 1.82) is 0 Å². The molecule has 6 nitrogen and oxygen atoms in total. The highest BCUT2D eigenvalue weighted by Crippen LogP contribution is 2.27. The van der Waals surface area contributed by atoms with E-state index in [-0.39, 0.29) is 32.0 Å². The largest absolute Gasteiger partial charge is 0.480 e. The molecule has 0 amide bonds. The quantitative estimate of drug-likeness (QED) is 0.367. The molecule has 0 saturated heterocycles. The number of carbonyl (C=O) groups is 1. The number of ether oxygens (including phenoxy) is 4. The van der Waals surface area contributed by atoms with E-state index in [1.165, 1.54) is 6.07 Å². The normalized spacial score (nSPS) is 12.1. The molecule has 160 valence electrons. The topological polar surface area (TPSA) is 74.2 Å². The first kappa shape index (κ1) is 25.0. The molecule has 0 fully saturated rings. The summed E-state index contributed by atoms with van der Waals surface area (Å²) in [6.45, 7) is 8.51. The highest BCUT2D eigenvalue weighted by atomic mass is 35.5. The van der Waals surface area contributed by atoms with Crippen molar-refractivity contribution in [2.75, 3.05) is 33.0 Å². The molecule has 0 atom stereocenters. The lowest BCUT2D eigenvalue weighted by Crippen LogP contribution is -2.32. The first-order valence-electron chi connectivity index (χ1n) is 9.17. The van der Waals surface area contributed by atoms with Gasteiger partial charge >= 0.3 is 5.97 Å². The fraction of sp³-hybridized carbons (Fsp3) is 0.650.